The first kappa shape index (κ1) is 14.7. The van der Waals surface area contributed by atoms with Crippen molar-refractivity contribution in [3.05, 3.63) is 52.5 Å². The summed E-state index contributed by atoms with van der Waals surface area (Å²) in [6, 6.07) is 9.71. The topological polar surface area (TPSA) is 64.7 Å². The highest BCUT2D eigenvalue weighted by Gasteiger charge is 2.10. The van der Waals surface area contributed by atoms with Crippen molar-refractivity contribution in [2.45, 2.75) is 10.9 Å². The molecule has 0 aliphatic heterocycles. The molecular formula is C16H11ClN4S2. The van der Waals surface area contributed by atoms with E-state index in [1.807, 2.05) is 35.7 Å². The lowest BCUT2D eigenvalue weighted by molar-refractivity contribution is 1.02. The fourth-order valence-electron chi connectivity index (χ4n) is 2.38. The fourth-order valence-corrected chi connectivity index (χ4v) is 4.26. The van der Waals surface area contributed by atoms with Gasteiger partial charge in [0, 0.05) is 22.4 Å². The van der Waals surface area contributed by atoms with Crippen LogP contribution in [0.3, 0.4) is 0 Å². The predicted molar refractivity (Wildman–Crippen MR) is 98.1 cm³/mol. The third-order valence-corrected chi connectivity index (χ3v) is 5.52. The zero-order valence-corrected chi connectivity index (χ0v) is 14.3. The van der Waals surface area contributed by atoms with Crippen molar-refractivity contribution < 1.29 is 0 Å². The number of nitrogens with two attached hydrogens (primary N) is 1. The number of hydrogen-bond donors (Lipinski definition) is 1. The zero-order valence-electron chi connectivity index (χ0n) is 11.9. The summed E-state index contributed by atoms with van der Waals surface area (Å²) in [4.78, 5) is 14.3. The molecule has 4 aromatic rings. The number of thiophene rings is 1. The van der Waals surface area contributed by atoms with E-state index >= 15 is 0 Å². The Morgan fingerprint density at radius 1 is 1.13 bits per heavy atom. The van der Waals surface area contributed by atoms with E-state index in [1.165, 1.54) is 0 Å². The smallest absolute Gasteiger partial charge is 0.191 e. The van der Waals surface area contributed by atoms with Gasteiger partial charge in [-0.15, -0.1) is 11.3 Å². The standard InChI is InChI=1S/C16H11ClN4S2/c17-12-4-3-9(13-10(12)2-1-6-19-13)8-23-16-20-14(18)11-5-7-22-15(11)21-16/h1-7H,8H2,(H2,18,20,21). The molecule has 4 nitrogen and oxygen atoms in total. The maximum Gasteiger partial charge on any atom is 0.191 e. The number of anilines is 1. The van der Waals surface area contributed by atoms with Gasteiger partial charge in [-0.1, -0.05) is 29.4 Å². The molecule has 23 heavy (non-hydrogen) atoms. The van der Waals surface area contributed by atoms with Crippen LogP contribution >= 0.6 is 34.7 Å². The first-order chi connectivity index (χ1) is 11.2. The van der Waals surface area contributed by atoms with Crippen LogP contribution in [0.15, 0.2) is 47.1 Å². The first-order valence-electron chi connectivity index (χ1n) is 6.88. The van der Waals surface area contributed by atoms with Crippen molar-refractivity contribution >= 4 is 61.6 Å². The number of rotatable bonds is 3. The fraction of sp³-hybridized carbons (Fsp3) is 0.0625. The Hall–Kier alpha value is -1.89. The maximum absolute atomic E-state index is 6.23. The van der Waals surface area contributed by atoms with Gasteiger partial charge in [-0.25, -0.2) is 9.97 Å². The number of pyridine rings is 1. The van der Waals surface area contributed by atoms with E-state index in [0.29, 0.717) is 21.7 Å². The summed E-state index contributed by atoms with van der Waals surface area (Å²) in [6.45, 7) is 0. The molecule has 0 radical (unpaired) electrons. The molecule has 0 atom stereocenters. The van der Waals surface area contributed by atoms with Gasteiger partial charge in [0.1, 0.15) is 10.6 Å². The molecule has 7 heteroatoms. The van der Waals surface area contributed by atoms with Crippen molar-refractivity contribution in [2.24, 2.45) is 0 Å². The van der Waals surface area contributed by atoms with Crippen LogP contribution in [0.1, 0.15) is 5.56 Å². The van der Waals surface area contributed by atoms with Crippen LogP contribution in [0.5, 0.6) is 0 Å². The molecule has 0 saturated carbocycles. The molecule has 0 aliphatic carbocycles. The Balaban J connectivity index is 1.67. The molecule has 2 N–H and O–H groups in total. The van der Waals surface area contributed by atoms with E-state index in [0.717, 1.165) is 26.7 Å². The number of halogens is 1. The molecule has 1 aromatic carbocycles. The molecular weight excluding hydrogens is 348 g/mol. The van der Waals surface area contributed by atoms with Crippen LogP contribution in [-0.2, 0) is 5.75 Å². The normalized spacial score (nSPS) is 11.3. The van der Waals surface area contributed by atoms with Crippen molar-refractivity contribution in [1.82, 2.24) is 15.0 Å². The zero-order chi connectivity index (χ0) is 15.8. The van der Waals surface area contributed by atoms with E-state index in [4.69, 9.17) is 17.3 Å². The van der Waals surface area contributed by atoms with Gasteiger partial charge in [-0.3, -0.25) is 4.98 Å². The highest BCUT2D eigenvalue weighted by atomic mass is 35.5. The predicted octanol–water partition coefficient (Wildman–Crippen LogP) is 4.77. The lowest BCUT2D eigenvalue weighted by Crippen LogP contribution is -1.95. The second-order valence-electron chi connectivity index (χ2n) is 4.93. The SMILES string of the molecule is Nc1nc(SCc2ccc(Cl)c3cccnc23)nc2sccc12. The number of fused-ring (bicyclic) bond motifs is 2. The number of hydrogen-bond acceptors (Lipinski definition) is 6. The molecule has 114 valence electrons. The van der Waals surface area contributed by atoms with Crippen LogP contribution in [-0.4, -0.2) is 15.0 Å². The molecule has 0 bridgehead atoms. The minimum absolute atomic E-state index is 0.526. The maximum atomic E-state index is 6.23. The lowest BCUT2D eigenvalue weighted by Gasteiger charge is -2.07. The summed E-state index contributed by atoms with van der Waals surface area (Å²) >= 11 is 9.35. The van der Waals surface area contributed by atoms with Crippen LogP contribution < -0.4 is 5.73 Å². The largest absolute Gasteiger partial charge is 0.383 e. The molecule has 4 rings (SSSR count). The average molecular weight is 359 g/mol. The molecule has 3 heterocycles. The van der Waals surface area contributed by atoms with Crippen molar-refractivity contribution in [3.8, 4) is 0 Å². The van der Waals surface area contributed by atoms with E-state index in [9.17, 15) is 0 Å². The number of nitrogen functional groups attached to an aromatic ring is 1. The van der Waals surface area contributed by atoms with Gasteiger partial charge >= 0.3 is 0 Å². The minimum atomic E-state index is 0.526. The van der Waals surface area contributed by atoms with Crippen molar-refractivity contribution in [3.63, 3.8) is 0 Å². The molecule has 0 saturated heterocycles. The lowest BCUT2D eigenvalue weighted by atomic mass is 10.1. The van der Waals surface area contributed by atoms with E-state index in [-0.39, 0.29) is 0 Å². The highest BCUT2D eigenvalue weighted by Crippen LogP contribution is 2.31. The third-order valence-electron chi connectivity index (χ3n) is 3.49. The summed E-state index contributed by atoms with van der Waals surface area (Å²) in [5.74, 6) is 1.24. The summed E-state index contributed by atoms with van der Waals surface area (Å²) in [5, 5.41) is 5.24. The number of thioether (sulfide) groups is 1. The molecule has 0 amide bonds. The molecule has 3 aromatic heterocycles. The number of aromatic nitrogens is 3. The summed E-state index contributed by atoms with van der Waals surface area (Å²) < 4.78 is 0. The van der Waals surface area contributed by atoms with Crippen molar-refractivity contribution in [1.29, 1.82) is 0 Å². The van der Waals surface area contributed by atoms with E-state index < -0.39 is 0 Å². The Morgan fingerprint density at radius 3 is 2.96 bits per heavy atom. The highest BCUT2D eigenvalue weighted by molar-refractivity contribution is 7.98. The number of nitrogens with zero attached hydrogens (tertiary/aromatic N) is 3. The Kier molecular flexibility index (Phi) is 3.80. The third kappa shape index (κ3) is 2.73. The average Bonchev–Trinajstić information content (AvgIpc) is 3.04. The van der Waals surface area contributed by atoms with Crippen LogP contribution in [0.2, 0.25) is 5.02 Å². The number of benzene rings is 1. The minimum Gasteiger partial charge on any atom is -0.383 e. The summed E-state index contributed by atoms with van der Waals surface area (Å²) in [5.41, 5.74) is 8.01. The quantitative estimate of drug-likeness (QED) is 0.422. The Morgan fingerprint density at radius 2 is 2.04 bits per heavy atom. The van der Waals surface area contributed by atoms with Gasteiger partial charge in [-0.05, 0) is 35.2 Å². The van der Waals surface area contributed by atoms with Crippen molar-refractivity contribution in [2.75, 3.05) is 5.73 Å². The van der Waals surface area contributed by atoms with Gasteiger partial charge in [0.05, 0.1) is 10.9 Å². The second kappa shape index (κ2) is 5.96. The molecule has 0 aliphatic rings. The van der Waals surface area contributed by atoms with Gasteiger partial charge in [0.2, 0.25) is 0 Å². The Bertz CT molecular complexity index is 1020. The first-order valence-corrected chi connectivity index (χ1v) is 9.12. The molecule has 0 fully saturated rings. The van der Waals surface area contributed by atoms with Gasteiger partial charge < -0.3 is 5.73 Å². The second-order valence-corrected chi connectivity index (χ2v) is 7.17. The van der Waals surface area contributed by atoms with Gasteiger partial charge in [0.15, 0.2) is 5.16 Å². The van der Waals surface area contributed by atoms with Crippen LogP contribution in [0.25, 0.3) is 21.1 Å². The molecule has 0 unspecified atom stereocenters. The van der Waals surface area contributed by atoms with Gasteiger partial charge in [0.25, 0.3) is 0 Å². The van der Waals surface area contributed by atoms with Crippen LogP contribution in [0.4, 0.5) is 5.82 Å². The van der Waals surface area contributed by atoms with E-state index in [2.05, 4.69) is 15.0 Å². The Labute approximate surface area is 145 Å². The summed E-state index contributed by atoms with van der Waals surface area (Å²) in [7, 11) is 0. The van der Waals surface area contributed by atoms with E-state index in [1.54, 1.807) is 29.3 Å². The monoisotopic (exact) mass is 358 g/mol. The summed E-state index contributed by atoms with van der Waals surface area (Å²) in [6.07, 6.45) is 1.78. The molecule has 0 spiro atoms. The van der Waals surface area contributed by atoms with Crippen LogP contribution in [0, 0.1) is 0 Å². The van der Waals surface area contributed by atoms with Gasteiger partial charge in [-0.2, -0.15) is 0 Å².